The minimum absolute atomic E-state index is 0.412. The summed E-state index contributed by atoms with van der Waals surface area (Å²) in [5.74, 6) is -0.0268. The Morgan fingerprint density at radius 1 is 1.62 bits per heavy atom. The lowest BCUT2D eigenvalue weighted by atomic mass is 10.00. The van der Waals surface area contributed by atoms with E-state index in [1.165, 1.54) is 12.8 Å². The Kier molecular flexibility index (Phi) is 5.77. The van der Waals surface area contributed by atoms with Crippen molar-refractivity contribution >= 4 is 5.97 Å². The average Bonchev–Trinajstić information content (AvgIpc) is 2.24. The molecule has 16 heavy (non-hydrogen) atoms. The van der Waals surface area contributed by atoms with Gasteiger partial charge in [-0.15, -0.1) is 0 Å². The zero-order chi connectivity index (χ0) is 12.0. The maximum Gasteiger partial charge on any atom is 0.322 e. The first kappa shape index (κ1) is 13.5. The molecule has 2 N–H and O–H groups in total. The van der Waals surface area contributed by atoms with Crippen LogP contribution in [0.1, 0.15) is 33.1 Å². The summed E-state index contributed by atoms with van der Waals surface area (Å²) in [4.78, 5) is 13.3. The van der Waals surface area contributed by atoms with E-state index in [-0.39, 0.29) is 0 Å². The molecule has 1 rings (SSSR count). The zero-order valence-corrected chi connectivity index (χ0v) is 10.4. The normalized spacial score (nSPS) is 24.2. The minimum Gasteiger partial charge on any atom is -0.480 e. The number of piperidine rings is 1. The smallest absolute Gasteiger partial charge is 0.322 e. The second kappa shape index (κ2) is 6.86. The van der Waals surface area contributed by atoms with E-state index in [0.29, 0.717) is 12.5 Å². The molecule has 0 aliphatic carbocycles. The largest absolute Gasteiger partial charge is 0.480 e. The Bertz CT molecular complexity index is 221. The van der Waals surface area contributed by atoms with Crippen LogP contribution in [-0.4, -0.2) is 48.2 Å². The van der Waals surface area contributed by atoms with Crippen LogP contribution in [0.4, 0.5) is 0 Å². The predicted molar refractivity (Wildman–Crippen MR) is 64.6 cm³/mol. The number of carbonyl (C=O) groups is 1. The third-order valence-corrected chi connectivity index (χ3v) is 3.12. The van der Waals surface area contributed by atoms with Gasteiger partial charge in [0.25, 0.3) is 0 Å². The van der Waals surface area contributed by atoms with Crippen LogP contribution in [0.25, 0.3) is 0 Å². The number of hydrogen-bond acceptors (Lipinski definition) is 3. The second-order valence-corrected chi connectivity index (χ2v) is 4.85. The lowest BCUT2D eigenvalue weighted by Crippen LogP contribution is -2.48. The maximum atomic E-state index is 11.1. The molecule has 0 amide bonds. The van der Waals surface area contributed by atoms with Crippen molar-refractivity contribution in [3.8, 4) is 0 Å². The number of nitrogens with one attached hydrogen (secondary N) is 1. The van der Waals surface area contributed by atoms with Gasteiger partial charge in [-0.3, -0.25) is 4.79 Å². The average molecular weight is 228 g/mol. The van der Waals surface area contributed by atoms with Gasteiger partial charge < -0.3 is 15.3 Å². The van der Waals surface area contributed by atoms with Crippen LogP contribution in [0.5, 0.6) is 0 Å². The monoisotopic (exact) mass is 228 g/mol. The molecule has 1 heterocycles. The summed E-state index contributed by atoms with van der Waals surface area (Å²) in [5.41, 5.74) is 0. The molecular formula is C12H24N2O2. The molecule has 1 fully saturated rings. The molecular weight excluding hydrogens is 204 g/mol. The standard InChI is InChI=1S/C12H24N2O2/c1-3-6-13-11(12(15)16)9-14-7-4-5-10(2)8-14/h10-11,13H,3-9H2,1-2H3,(H,15,16). The molecule has 0 spiro atoms. The first-order chi connectivity index (χ1) is 7.63. The van der Waals surface area contributed by atoms with Gasteiger partial charge in [0, 0.05) is 13.1 Å². The van der Waals surface area contributed by atoms with Crippen LogP contribution >= 0.6 is 0 Å². The molecule has 0 bridgehead atoms. The van der Waals surface area contributed by atoms with Crippen LogP contribution in [0.15, 0.2) is 0 Å². The minimum atomic E-state index is -0.730. The van der Waals surface area contributed by atoms with E-state index in [0.717, 1.165) is 26.1 Å². The molecule has 1 saturated heterocycles. The van der Waals surface area contributed by atoms with Crippen molar-refractivity contribution in [2.45, 2.75) is 39.2 Å². The first-order valence-corrected chi connectivity index (χ1v) is 6.32. The van der Waals surface area contributed by atoms with Crippen LogP contribution in [0.2, 0.25) is 0 Å². The van der Waals surface area contributed by atoms with Crippen molar-refractivity contribution in [2.24, 2.45) is 5.92 Å². The molecule has 0 aromatic heterocycles. The van der Waals surface area contributed by atoms with E-state index in [2.05, 4.69) is 24.1 Å². The molecule has 1 aliphatic heterocycles. The van der Waals surface area contributed by atoms with Crippen LogP contribution < -0.4 is 5.32 Å². The van der Waals surface area contributed by atoms with Crippen molar-refractivity contribution in [3.63, 3.8) is 0 Å². The van der Waals surface area contributed by atoms with E-state index in [9.17, 15) is 4.79 Å². The van der Waals surface area contributed by atoms with E-state index in [4.69, 9.17) is 5.11 Å². The van der Waals surface area contributed by atoms with Crippen LogP contribution in [0.3, 0.4) is 0 Å². The number of aliphatic carboxylic acids is 1. The Balaban J connectivity index is 2.37. The summed E-state index contributed by atoms with van der Waals surface area (Å²) >= 11 is 0. The van der Waals surface area contributed by atoms with Crippen LogP contribution in [-0.2, 0) is 4.79 Å². The van der Waals surface area contributed by atoms with Gasteiger partial charge in [0.05, 0.1) is 0 Å². The number of likely N-dealkylation sites (tertiary alicyclic amines) is 1. The highest BCUT2D eigenvalue weighted by molar-refractivity contribution is 5.73. The molecule has 2 atom stereocenters. The van der Waals surface area contributed by atoms with Gasteiger partial charge in [-0.2, -0.15) is 0 Å². The fourth-order valence-corrected chi connectivity index (χ4v) is 2.26. The van der Waals surface area contributed by atoms with E-state index >= 15 is 0 Å². The SMILES string of the molecule is CCCNC(CN1CCCC(C)C1)C(=O)O. The van der Waals surface area contributed by atoms with Crippen molar-refractivity contribution in [2.75, 3.05) is 26.2 Å². The van der Waals surface area contributed by atoms with Crippen molar-refractivity contribution in [1.82, 2.24) is 10.2 Å². The molecule has 0 radical (unpaired) electrons. The van der Waals surface area contributed by atoms with Crippen molar-refractivity contribution < 1.29 is 9.90 Å². The second-order valence-electron chi connectivity index (χ2n) is 4.85. The lowest BCUT2D eigenvalue weighted by molar-refractivity contribution is -0.140. The summed E-state index contributed by atoms with van der Waals surface area (Å²) < 4.78 is 0. The lowest BCUT2D eigenvalue weighted by Gasteiger charge is -2.32. The molecule has 0 saturated carbocycles. The van der Waals surface area contributed by atoms with Gasteiger partial charge in [-0.05, 0) is 38.3 Å². The predicted octanol–water partition coefficient (Wildman–Crippen LogP) is 1.17. The Morgan fingerprint density at radius 2 is 2.38 bits per heavy atom. The fraction of sp³-hybridized carbons (Fsp3) is 0.917. The summed E-state index contributed by atoms with van der Waals surface area (Å²) in [6, 6.07) is -0.412. The molecule has 4 heteroatoms. The highest BCUT2D eigenvalue weighted by atomic mass is 16.4. The molecule has 4 nitrogen and oxygen atoms in total. The van der Waals surface area contributed by atoms with Crippen molar-refractivity contribution in [3.05, 3.63) is 0 Å². The number of rotatable bonds is 6. The molecule has 1 aliphatic rings. The fourth-order valence-electron chi connectivity index (χ4n) is 2.26. The summed E-state index contributed by atoms with van der Waals surface area (Å²) in [7, 11) is 0. The van der Waals surface area contributed by atoms with Crippen LogP contribution in [0, 0.1) is 5.92 Å². The quantitative estimate of drug-likeness (QED) is 0.716. The van der Waals surface area contributed by atoms with Gasteiger partial charge in [0.1, 0.15) is 6.04 Å². The van der Waals surface area contributed by atoms with Gasteiger partial charge in [-0.1, -0.05) is 13.8 Å². The summed E-state index contributed by atoms with van der Waals surface area (Å²) in [5, 5.41) is 12.2. The highest BCUT2D eigenvalue weighted by Crippen LogP contribution is 2.15. The first-order valence-electron chi connectivity index (χ1n) is 6.32. The number of carboxylic acid groups (broad SMARTS) is 1. The number of nitrogens with zero attached hydrogens (tertiary/aromatic N) is 1. The Labute approximate surface area is 98.0 Å². The van der Waals surface area contributed by atoms with E-state index in [1.54, 1.807) is 0 Å². The van der Waals surface area contributed by atoms with Crippen molar-refractivity contribution in [1.29, 1.82) is 0 Å². The Morgan fingerprint density at radius 3 is 2.94 bits per heavy atom. The number of carboxylic acids is 1. The molecule has 0 aromatic rings. The third kappa shape index (κ3) is 4.49. The molecule has 2 unspecified atom stereocenters. The van der Waals surface area contributed by atoms with E-state index < -0.39 is 12.0 Å². The molecule has 94 valence electrons. The van der Waals surface area contributed by atoms with Gasteiger partial charge in [-0.25, -0.2) is 0 Å². The molecule has 0 aromatic carbocycles. The Hall–Kier alpha value is -0.610. The van der Waals surface area contributed by atoms with Gasteiger partial charge in [0.15, 0.2) is 0 Å². The summed E-state index contributed by atoms with van der Waals surface area (Å²) in [6.45, 7) is 7.79. The topological polar surface area (TPSA) is 52.6 Å². The van der Waals surface area contributed by atoms with Gasteiger partial charge >= 0.3 is 5.97 Å². The number of hydrogen-bond donors (Lipinski definition) is 2. The third-order valence-electron chi connectivity index (χ3n) is 3.12. The van der Waals surface area contributed by atoms with E-state index in [1.807, 2.05) is 0 Å². The summed E-state index contributed by atoms with van der Waals surface area (Å²) in [6.07, 6.45) is 3.44. The zero-order valence-electron chi connectivity index (χ0n) is 10.4. The maximum absolute atomic E-state index is 11.1. The highest BCUT2D eigenvalue weighted by Gasteiger charge is 2.23. The van der Waals surface area contributed by atoms with Gasteiger partial charge in [0.2, 0.25) is 0 Å².